The molecule has 0 amide bonds. The Morgan fingerprint density at radius 1 is 0.939 bits per heavy atom. The minimum Gasteiger partial charge on any atom is -0.507 e. The van der Waals surface area contributed by atoms with E-state index in [0.29, 0.717) is 11.3 Å². The van der Waals surface area contributed by atoms with Crippen molar-refractivity contribution >= 4 is 17.0 Å². The Morgan fingerprint density at radius 2 is 1.48 bits per heavy atom. The van der Waals surface area contributed by atoms with Crippen molar-refractivity contribution in [1.82, 2.24) is 0 Å². The second kappa shape index (κ2) is 10.0. The first-order chi connectivity index (χ1) is 15.4. The van der Waals surface area contributed by atoms with Gasteiger partial charge in [-0.1, -0.05) is 60.3 Å². The summed E-state index contributed by atoms with van der Waals surface area (Å²) in [5.74, 6) is 0.391. The van der Waals surface area contributed by atoms with Crippen molar-refractivity contribution in [3.8, 4) is 11.5 Å². The number of phenolic OH excluding ortho intramolecular Hbond substituents is 2. The van der Waals surface area contributed by atoms with Crippen LogP contribution < -0.4 is 4.90 Å². The summed E-state index contributed by atoms with van der Waals surface area (Å²) >= 11 is 0. The molecule has 0 atom stereocenters. The van der Waals surface area contributed by atoms with Gasteiger partial charge in [-0.15, -0.1) is 0 Å². The summed E-state index contributed by atoms with van der Waals surface area (Å²) in [5, 5.41) is 19.9. The van der Waals surface area contributed by atoms with E-state index >= 15 is 0 Å². The SMILES string of the molecule is C=C(C)c1cc2c3c(c1O)C(C)(C)CCN3CCC2(C)C.CC.CC(=O)c1ccccc1O. The normalized spacial score (nSPS) is 16.9. The molecular formula is C29H41NO3. The van der Waals surface area contributed by atoms with Gasteiger partial charge in [-0.25, -0.2) is 0 Å². The van der Waals surface area contributed by atoms with Crippen LogP contribution in [0.3, 0.4) is 0 Å². The maximum Gasteiger partial charge on any atom is 0.163 e. The number of allylic oxidation sites excluding steroid dienone is 1. The molecule has 0 spiro atoms. The van der Waals surface area contributed by atoms with Gasteiger partial charge in [0.05, 0.1) is 5.56 Å². The summed E-state index contributed by atoms with van der Waals surface area (Å²) in [6.45, 7) is 22.8. The van der Waals surface area contributed by atoms with Gasteiger partial charge in [0.1, 0.15) is 11.5 Å². The smallest absolute Gasteiger partial charge is 0.163 e. The molecule has 0 saturated heterocycles. The first kappa shape index (κ1) is 26.5. The zero-order valence-corrected chi connectivity index (χ0v) is 21.7. The number of nitrogens with zero attached hydrogens (tertiary/aromatic N) is 1. The quantitative estimate of drug-likeness (QED) is 0.473. The lowest BCUT2D eigenvalue weighted by Gasteiger charge is -2.48. The monoisotopic (exact) mass is 451 g/mol. The maximum absolute atomic E-state index is 10.9. The lowest BCUT2D eigenvalue weighted by molar-refractivity contribution is 0.101. The number of hydrogen-bond acceptors (Lipinski definition) is 4. The predicted octanol–water partition coefficient (Wildman–Crippen LogP) is 7.22. The van der Waals surface area contributed by atoms with E-state index in [1.165, 1.54) is 30.7 Å². The van der Waals surface area contributed by atoms with Crippen molar-refractivity contribution < 1.29 is 15.0 Å². The molecule has 2 N–H and O–H groups in total. The molecule has 33 heavy (non-hydrogen) atoms. The highest BCUT2D eigenvalue weighted by Gasteiger charge is 2.42. The number of aromatic hydroxyl groups is 2. The highest BCUT2D eigenvalue weighted by molar-refractivity contribution is 5.96. The third-order valence-corrected chi connectivity index (χ3v) is 6.75. The molecule has 2 aliphatic rings. The van der Waals surface area contributed by atoms with Gasteiger partial charge in [-0.2, -0.15) is 0 Å². The molecule has 2 aliphatic heterocycles. The van der Waals surface area contributed by atoms with E-state index in [4.69, 9.17) is 5.11 Å². The Labute approximate surface area is 200 Å². The fraction of sp³-hybridized carbons (Fsp3) is 0.483. The average molecular weight is 452 g/mol. The van der Waals surface area contributed by atoms with E-state index < -0.39 is 0 Å². The van der Waals surface area contributed by atoms with E-state index in [9.17, 15) is 9.90 Å². The molecule has 0 aromatic heterocycles. The van der Waals surface area contributed by atoms with E-state index in [-0.39, 0.29) is 22.4 Å². The standard InChI is InChI=1S/C19H27NO.C8H8O2.C2H6/c1-12(2)13-11-14-16-15(17(13)21)19(5,6)8-10-20(16)9-7-18(14,3)4;1-6(9)7-4-2-3-5-8(7)10;1-2/h11,21H,1,7-10H2,2-6H3;2-5,10H,1H3;1-2H3. The van der Waals surface area contributed by atoms with Gasteiger partial charge in [0, 0.05) is 29.9 Å². The van der Waals surface area contributed by atoms with Crippen LogP contribution in [0.1, 0.15) is 95.3 Å². The van der Waals surface area contributed by atoms with Gasteiger partial charge in [0.2, 0.25) is 0 Å². The zero-order chi connectivity index (χ0) is 25.1. The summed E-state index contributed by atoms with van der Waals surface area (Å²) in [5.41, 5.74) is 6.24. The number of phenols is 2. The molecule has 180 valence electrons. The molecule has 0 aliphatic carbocycles. The zero-order valence-electron chi connectivity index (χ0n) is 21.7. The summed E-state index contributed by atoms with van der Waals surface area (Å²) in [4.78, 5) is 13.2. The fourth-order valence-electron chi connectivity index (χ4n) is 4.67. The van der Waals surface area contributed by atoms with Crippen molar-refractivity contribution in [2.75, 3.05) is 18.0 Å². The average Bonchev–Trinajstić information content (AvgIpc) is 2.74. The van der Waals surface area contributed by atoms with Crippen LogP contribution in [-0.4, -0.2) is 29.1 Å². The molecule has 4 rings (SSSR count). The summed E-state index contributed by atoms with van der Waals surface area (Å²) in [7, 11) is 0. The van der Waals surface area contributed by atoms with Gasteiger partial charge in [-0.3, -0.25) is 4.79 Å². The third kappa shape index (κ3) is 5.26. The van der Waals surface area contributed by atoms with Crippen molar-refractivity contribution in [3.05, 3.63) is 59.2 Å². The van der Waals surface area contributed by atoms with Crippen molar-refractivity contribution in [3.63, 3.8) is 0 Å². The minimum absolute atomic E-state index is 0.0174. The van der Waals surface area contributed by atoms with E-state index in [0.717, 1.165) is 36.2 Å². The van der Waals surface area contributed by atoms with E-state index in [2.05, 4.69) is 45.2 Å². The Balaban J connectivity index is 0.000000270. The number of ketones is 1. The van der Waals surface area contributed by atoms with Crippen LogP contribution in [0, 0.1) is 0 Å². The topological polar surface area (TPSA) is 60.8 Å². The number of para-hydroxylation sites is 1. The number of anilines is 1. The van der Waals surface area contributed by atoms with Crippen molar-refractivity contribution in [1.29, 1.82) is 0 Å². The number of Topliss-reactive ketones (excluding diaryl/α,β-unsaturated/α-hetero) is 1. The number of carbonyl (C=O) groups is 1. The highest BCUT2D eigenvalue weighted by Crippen LogP contribution is 2.53. The second-order valence-electron chi connectivity index (χ2n) is 10.2. The lowest BCUT2D eigenvalue weighted by Crippen LogP contribution is -2.44. The van der Waals surface area contributed by atoms with E-state index in [1.807, 2.05) is 20.8 Å². The Hall–Kier alpha value is -2.75. The number of carbonyl (C=O) groups excluding carboxylic acids is 1. The molecule has 0 bridgehead atoms. The highest BCUT2D eigenvalue weighted by atomic mass is 16.3. The second-order valence-corrected chi connectivity index (χ2v) is 10.2. The minimum atomic E-state index is -0.113. The van der Waals surface area contributed by atoms with Gasteiger partial charge in [0.25, 0.3) is 0 Å². The summed E-state index contributed by atoms with van der Waals surface area (Å²) in [6, 6.07) is 8.68. The molecule has 0 fully saturated rings. The molecule has 2 heterocycles. The molecule has 4 heteroatoms. The molecule has 0 saturated carbocycles. The van der Waals surface area contributed by atoms with Crippen LogP contribution >= 0.6 is 0 Å². The molecule has 2 aromatic carbocycles. The summed E-state index contributed by atoms with van der Waals surface area (Å²) < 4.78 is 0. The first-order valence-electron chi connectivity index (χ1n) is 12.0. The van der Waals surface area contributed by atoms with Crippen LogP contribution in [0.15, 0.2) is 36.9 Å². The van der Waals surface area contributed by atoms with Gasteiger partial charge < -0.3 is 15.1 Å². The number of rotatable bonds is 2. The van der Waals surface area contributed by atoms with Gasteiger partial charge in [0.15, 0.2) is 5.78 Å². The lowest BCUT2D eigenvalue weighted by atomic mass is 9.68. The van der Waals surface area contributed by atoms with Crippen LogP contribution in [0.25, 0.3) is 5.57 Å². The fourth-order valence-corrected chi connectivity index (χ4v) is 4.67. The Bertz CT molecular complexity index is 1030. The summed E-state index contributed by atoms with van der Waals surface area (Å²) in [6.07, 6.45) is 2.26. The maximum atomic E-state index is 10.9. The molecule has 0 unspecified atom stereocenters. The molecular weight excluding hydrogens is 410 g/mol. The first-order valence-corrected chi connectivity index (χ1v) is 12.0. The molecule has 2 aromatic rings. The molecule has 0 radical (unpaired) electrons. The van der Waals surface area contributed by atoms with Gasteiger partial charge in [-0.05, 0) is 66.9 Å². The van der Waals surface area contributed by atoms with Crippen LogP contribution in [-0.2, 0) is 10.8 Å². The predicted molar refractivity (Wildman–Crippen MR) is 140 cm³/mol. The number of hydrogen-bond donors (Lipinski definition) is 2. The van der Waals surface area contributed by atoms with E-state index in [1.54, 1.807) is 18.2 Å². The van der Waals surface area contributed by atoms with Crippen LogP contribution in [0.5, 0.6) is 11.5 Å². The van der Waals surface area contributed by atoms with Crippen molar-refractivity contribution in [2.45, 2.75) is 79.1 Å². The number of benzene rings is 2. The Morgan fingerprint density at radius 3 is 1.97 bits per heavy atom. The molecule has 4 nitrogen and oxygen atoms in total. The largest absolute Gasteiger partial charge is 0.507 e. The van der Waals surface area contributed by atoms with Gasteiger partial charge >= 0.3 is 0 Å². The van der Waals surface area contributed by atoms with Crippen LogP contribution in [0.2, 0.25) is 0 Å². The third-order valence-electron chi connectivity index (χ3n) is 6.75. The van der Waals surface area contributed by atoms with Crippen molar-refractivity contribution in [2.24, 2.45) is 0 Å². The van der Waals surface area contributed by atoms with Crippen LogP contribution in [0.4, 0.5) is 5.69 Å². The Kier molecular flexibility index (Phi) is 8.05.